The fourth-order valence-electron chi connectivity index (χ4n) is 1.16. The number of allylic oxidation sites excluding steroid dienone is 1. The van der Waals surface area contributed by atoms with Gasteiger partial charge in [0.1, 0.15) is 5.54 Å². The molecule has 0 aliphatic rings. The lowest BCUT2D eigenvalue weighted by Crippen LogP contribution is -2.47. The number of nitrogens with two attached hydrogens (primary N) is 2. The molecule has 16 heavy (non-hydrogen) atoms. The highest BCUT2D eigenvalue weighted by atomic mass is 16.4. The van der Waals surface area contributed by atoms with Crippen LogP contribution in [0.25, 0.3) is 0 Å². The van der Waals surface area contributed by atoms with Crippen LogP contribution in [-0.4, -0.2) is 29.0 Å². The van der Waals surface area contributed by atoms with Gasteiger partial charge in [-0.1, -0.05) is 19.1 Å². The normalized spacial score (nSPS) is 16.3. The Labute approximate surface area is 96.2 Å². The van der Waals surface area contributed by atoms with E-state index in [0.29, 0.717) is 31.6 Å². The zero-order valence-corrected chi connectivity index (χ0v) is 9.94. The summed E-state index contributed by atoms with van der Waals surface area (Å²) < 4.78 is 0. The van der Waals surface area contributed by atoms with Crippen molar-refractivity contribution in [2.75, 3.05) is 6.54 Å². The van der Waals surface area contributed by atoms with E-state index in [1.165, 1.54) is 0 Å². The van der Waals surface area contributed by atoms with Crippen molar-refractivity contribution in [1.29, 1.82) is 0 Å². The standard InChI is InChI=1S/C11H21N3O2/c1-3-11(13,10(15)16)7-5-4-6-8-14-9(2)12/h4,6H,3,5,7-8,13H2,1-2H3,(H2,12,14)(H,15,16)/b6-4-/t11-/m0/s1. The summed E-state index contributed by atoms with van der Waals surface area (Å²) in [4.78, 5) is 14.8. The van der Waals surface area contributed by atoms with Crippen LogP contribution in [0.15, 0.2) is 17.1 Å². The molecule has 0 heterocycles. The average Bonchev–Trinajstić information content (AvgIpc) is 2.22. The van der Waals surface area contributed by atoms with Crippen LogP contribution in [0.2, 0.25) is 0 Å². The number of amidine groups is 1. The summed E-state index contributed by atoms with van der Waals surface area (Å²) in [6.45, 7) is 4.03. The highest BCUT2D eigenvalue weighted by Gasteiger charge is 2.30. The van der Waals surface area contributed by atoms with Gasteiger partial charge in [-0.2, -0.15) is 0 Å². The third kappa shape index (κ3) is 5.50. The van der Waals surface area contributed by atoms with Gasteiger partial charge in [-0.3, -0.25) is 9.79 Å². The van der Waals surface area contributed by atoms with Gasteiger partial charge in [-0.15, -0.1) is 0 Å². The van der Waals surface area contributed by atoms with Crippen molar-refractivity contribution in [3.05, 3.63) is 12.2 Å². The van der Waals surface area contributed by atoms with E-state index < -0.39 is 11.5 Å². The number of carboxylic acid groups (broad SMARTS) is 1. The Morgan fingerprint density at radius 3 is 2.56 bits per heavy atom. The van der Waals surface area contributed by atoms with Crippen LogP contribution >= 0.6 is 0 Å². The van der Waals surface area contributed by atoms with Crippen LogP contribution in [0.5, 0.6) is 0 Å². The van der Waals surface area contributed by atoms with E-state index in [2.05, 4.69) is 4.99 Å². The van der Waals surface area contributed by atoms with E-state index in [-0.39, 0.29) is 0 Å². The molecular formula is C11H21N3O2. The molecule has 0 saturated carbocycles. The van der Waals surface area contributed by atoms with Gasteiger partial charge in [0.15, 0.2) is 0 Å². The van der Waals surface area contributed by atoms with Crippen molar-refractivity contribution in [2.24, 2.45) is 16.5 Å². The maximum Gasteiger partial charge on any atom is 0.323 e. The first kappa shape index (κ1) is 14.6. The first-order valence-electron chi connectivity index (χ1n) is 5.36. The SMILES string of the molecule is CC[C@](N)(CC/C=C\CN=C(C)N)C(=O)O. The first-order chi connectivity index (χ1) is 7.42. The number of carboxylic acids is 1. The lowest BCUT2D eigenvalue weighted by molar-refractivity contribution is -0.143. The highest BCUT2D eigenvalue weighted by molar-refractivity contribution is 5.78. The van der Waals surface area contributed by atoms with Gasteiger partial charge < -0.3 is 16.6 Å². The monoisotopic (exact) mass is 227 g/mol. The Hall–Kier alpha value is -1.36. The number of rotatable bonds is 7. The molecule has 0 unspecified atom stereocenters. The molecule has 5 nitrogen and oxygen atoms in total. The number of aliphatic imine (C=N–C) groups is 1. The summed E-state index contributed by atoms with van der Waals surface area (Å²) in [5.41, 5.74) is 9.96. The van der Waals surface area contributed by atoms with E-state index in [4.69, 9.17) is 16.6 Å². The van der Waals surface area contributed by atoms with Gasteiger partial charge >= 0.3 is 5.97 Å². The number of hydrogen-bond acceptors (Lipinski definition) is 3. The second-order valence-corrected chi connectivity index (χ2v) is 3.81. The minimum absolute atomic E-state index is 0.427. The Morgan fingerprint density at radius 2 is 2.12 bits per heavy atom. The molecule has 0 spiro atoms. The minimum atomic E-state index is -1.11. The molecule has 0 radical (unpaired) electrons. The Kier molecular flexibility index (Phi) is 6.41. The Balaban J connectivity index is 3.97. The molecule has 0 aromatic carbocycles. The van der Waals surface area contributed by atoms with E-state index in [9.17, 15) is 4.79 Å². The van der Waals surface area contributed by atoms with Gasteiger partial charge in [0.05, 0.1) is 12.4 Å². The van der Waals surface area contributed by atoms with Gasteiger partial charge in [0.2, 0.25) is 0 Å². The van der Waals surface area contributed by atoms with E-state index in [1.807, 2.05) is 12.2 Å². The van der Waals surface area contributed by atoms with E-state index in [1.54, 1.807) is 13.8 Å². The molecule has 0 amide bonds. The summed E-state index contributed by atoms with van der Waals surface area (Å²) in [7, 11) is 0. The molecule has 0 rings (SSSR count). The minimum Gasteiger partial charge on any atom is -0.480 e. The fraction of sp³-hybridized carbons (Fsp3) is 0.636. The molecule has 1 atom stereocenters. The summed E-state index contributed by atoms with van der Waals surface area (Å²) in [6, 6.07) is 0. The third-order valence-corrected chi connectivity index (χ3v) is 2.43. The highest BCUT2D eigenvalue weighted by Crippen LogP contribution is 2.14. The number of carbonyl (C=O) groups is 1. The third-order valence-electron chi connectivity index (χ3n) is 2.43. The molecule has 92 valence electrons. The van der Waals surface area contributed by atoms with Crippen LogP contribution in [0, 0.1) is 0 Å². The van der Waals surface area contributed by atoms with E-state index in [0.717, 1.165) is 0 Å². The lowest BCUT2D eigenvalue weighted by atomic mass is 9.92. The Bertz CT molecular complexity index is 283. The second-order valence-electron chi connectivity index (χ2n) is 3.81. The molecule has 0 aliphatic heterocycles. The van der Waals surface area contributed by atoms with Gasteiger partial charge in [-0.25, -0.2) is 0 Å². The molecule has 5 N–H and O–H groups in total. The average molecular weight is 227 g/mol. The molecule has 0 saturated heterocycles. The van der Waals surface area contributed by atoms with Crippen molar-refractivity contribution in [3.63, 3.8) is 0 Å². The topological polar surface area (TPSA) is 102 Å². The fourth-order valence-corrected chi connectivity index (χ4v) is 1.16. The number of aliphatic carboxylic acids is 1. The lowest BCUT2D eigenvalue weighted by Gasteiger charge is -2.21. The van der Waals surface area contributed by atoms with Crippen molar-refractivity contribution in [2.45, 2.75) is 38.6 Å². The molecule has 0 aliphatic carbocycles. The number of hydrogen-bond donors (Lipinski definition) is 3. The maximum atomic E-state index is 10.9. The summed E-state index contributed by atoms with van der Waals surface area (Å²) in [5.74, 6) is -0.406. The number of nitrogens with zero attached hydrogens (tertiary/aromatic N) is 1. The molecule has 0 bridgehead atoms. The van der Waals surface area contributed by atoms with E-state index >= 15 is 0 Å². The summed E-state index contributed by atoms with van der Waals surface area (Å²) in [5, 5.41) is 8.92. The van der Waals surface area contributed by atoms with Crippen LogP contribution in [-0.2, 0) is 4.79 Å². The summed E-state index contributed by atoms with van der Waals surface area (Å²) >= 11 is 0. The smallest absolute Gasteiger partial charge is 0.323 e. The van der Waals surface area contributed by atoms with Crippen molar-refractivity contribution < 1.29 is 9.90 Å². The second kappa shape index (κ2) is 7.00. The quantitative estimate of drug-likeness (QED) is 0.341. The zero-order valence-electron chi connectivity index (χ0n) is 9.94. The molecular weight excluding hydrogens is 206 g/mol. The van der Waals surface area contributed by atoms with Gasteiger partial charge in [0.25, 0.3) is 0 Å². The molecule has 0 aromatic rings. The summed E-state index contributed by atoms with van der Waals surface area (Å²) in [6.07, 6.45) is 5.23. The van der Waals surface area contributed by atoms with Crippen LogP contribution in [0.3, 0.4) is 0 Å². The molecule has 5 heteroatoms. The van der Waals surface area contributed by atoms with Crippen LogP contribution < -0.4 is 11.5 Å². The van der Waals surface area contributed by atoms with Crippen molar-refractivity contribution in [3.8, 4) is 0 Å². The Morgan fingerprint density at radius 1 is 1.50 bits per heavy atom. The van der Waals surface area contributed by atoms with Crippen LogP contribution in [0.1, 0.15) is 33.1 Å². The van der Waals surface area contributed by atoms with Gasteiger partial charge in [-0.05, 0) is 26.2 Å². The van der Waals surface area contributed by atoms with Crippen molar-refractivity contribution >= 4 is 11.8 Å². The largest absolute Gasteiger partial charge is 0.480 e. The predicted octanol–water partition coefficient (Wildman–Crippen LogP) is 0.892. The molecule has 0 fully saturated rings. The zero-order chi connectivity index (χ0) is 12.6. The maximum absolute atomic E-state index is 10.9. The van der Waals surface area contributed by atoms with Crippen LogP contribution in [0.4, 0.5) is 0 Å². The molecule has 0 aromatic heterocycles. The predicted molar refractivity (Wildman–Crippen MR) is 65.4 cm³/mol. The van der Waals surface area contributed by atoms with Gasteiger partial charge in [0, 0.05) is 0 Å². The first-order valence-corrected chi connectivity index (χ1v) is 5.36. The van der Waals surface area contributed by atoms with Crippen molar-refractivity contribution in [1.82, 2.24) is 0 Å².